The first-order chi connectivity index (χ1) is 12.0. The molecule has 0 aliphatic heterocycles. The van der Waals surface area contributed by atoms with Crippen LogP contribution >= 0.6 is 11.6 Å². The maximum Gasteiger partial charge on any atom is 0.251 e. The van der Waals surface area contributed by atoms with Crippen molar-refractivity contribution in [2.45, 2.75) is 26.3 Å². The highest BCUT2D eigenvalue weighted by atomic mass is 35.5. The van der Waals surface area contributed by atoms with Crippen molar-refractivity contribution in [3.63, 3.8) is 0 Å². The lowest BCUT2D eigenvalue weighted by molar-refractivity contribution is -0.114. The van der Waals surface area contributed by atoms with Crippen LogP contribution in [0.25, 0.3) is 0 Å². The van der Waals surface area contributed by atoms with Gasteiger partial charge in [0.1, 0.15) is 0 Å². The molecule has 0 radical (unpaired) electrons. The Morgan fingerprint density at radius 1 is 1.12 bits per heavy atom. The van der Waals surface area contributed by atoms with Gasteiger partial charge >= 0.3 is 0 Å². The monoisotopic (exact) mass is 359 g/mol. The van der Waals surface area contributed by atoms with Crippen molar-refractivity contribution in [2.24, 2.45) is 0 Å². The summed E-state index contributed by atoms with van der Waals surface area (Å²) in [4.78, 5) is 24.2. The quantitative estimate of drug-likeness (QED) is 0.701. The molecule has 2 rings (SSSR count). The maximum absolute atomic E-state index is 12.1. The summed E-state index contributed by atoms with van der Waals surface area (Å²) >= 11 is 6.04. The molecule has 1 unspecified atom stereocenters. The van der Waals surface area contributed by atoms with E-state index in [9.17, 15) is 9.59 Å². The Hall–Kier alpha value is -2.53. The van der Waals surface area contributed by atoms with Crippen LogP contribution in [0.5, 0.6) is 0 Å². The number of hydrogen-bond donors (Lipinski definition) is 3. The second-order valence-corrected chi connectivity index (χ2v) is 6.15. The molecular formula is C19H22ClN3O2. The van der Waals surface area contributed by atoms with E-state index in [4.69, 9.17) is 11.6 Å². The van der Waals surface area contributed by atoms with Crippen LogP contribution in [0.3, 0.4) is 0 Å². The molecule has 3 N–H and O–H groups in total. The Labute approximate surface area is 152 Å². The molecule has 0 aliphatic carbocycles. The predicted octanol–water partition coefficient (Wildman–Crippen LogP) is 3.92. The third-order valence-corrected chi connectivity index (χ3v) is 4.04. The number of halogens is 1. The number of benzene rings is 2. The van der Waals surface area contributed by atoms with Gasteiger partial charge in [0, 0.05) is 17.3 Å². The molecule has 132 valence electrons. The van der Waals surface area contributed by atoms with Crippen LogP contribution in [0.2, 0.25) is 5.02 Å². The number of hydrogen-bond acceptors (Lipinski definition) is 3. The number of carbonyl (C=O) groups is 2. The van der Waals surface area contributed by atoms with Gasteiger partial charge in [-0.05, 0) is 43.7 Å². The van der Waals surface area contributed by atoms with Crippen molar-refractivity contribution < 1.29 is 9.59 Å². The van der Waals surface area contributed by atoms with E-state index in [0.29, 0.717) is 22.0 Å². The highest BCUT2D eigenvalue weighted by Crippen LogP contribution is 2.20. The number of anilines is 2. The SMILES string of the molecule is CCC(C)NC(=O)c1cccc(NC(=O)CNc2ccccc2Cl)c1. The van der Waals surface area contributed by atoms with E-state index >= 15 is 0 Å². The van der Waals surface area contributed by atoms with Gasteiger partial charge in [0.25, 0.3) is 5.91 Å². The molecule has 0 saturated heterocycles. The average molecular weight is 360 g/mol. The molecule has 0 heterocycles. The number of nitrogens with one attached hydrogen (secondary N) is 3. The lowest BCUT2D eigenvalue weighted by atomic mass is 10.1. The summed E-state index contributed by atoms with van der Waals surface area (Å²) in [6, 6.07) is 14.2. The fraction of sp³-hybridized carbons (Fsp3) is 0.263. The van der Waals surface area contributed by atoms with Crippen LogP contribution in [0.4, 0.5) is 11.4 Å². The molecule has 0 aromatic heterocycles. The highest BCUT2D eigenvalue weighted by molar-refractivity contribution is 6.33. The van der Waals surface area contributed by atoms with E-state index in [2.05, 4.69) is 16.0 Å². The van der Waals surface area contributed by atoms with Crippen molar-refractivity contribution in [3.8, 4) is 0 Å². The summed E-state index contributed by atoms with van der Waals surface area (Å²) in [6.45, 7) is 4.03. The van der Waals surface area contributed by atoms with Crippen LogP contribution in [0.1, 0.15) is 30.6 Å². The molecule has 2 aromatic rings. The Bertz CT molecular complexity index is 749. The predicted molar refractivity (Wildman–Crippen MR) is 102 cm³/mol. The molecule has 0 bridgehead atoms. The first kappa shape index (κ1) is 18.8. The molecule has 2 aromatic carbocycles. The minimum Gasteiger partial charge on any atom is -0.375 e. The zero-order chi connectivity index (χ0) is 18.2. The molecule has 25 heavy (non-hydrogen) atoms. The van der Waals surface area contributed by atoms with Crippen molar-refractivity contribution in [3.05, 3.63) is 59.1 Å². The zero-order valence-electron chi connectivity index (χ0n) is 14.3. The van der Waals surface area contributed by atoms with Gasteiger partial charge in [-0.3, -0.25) is 9.59 Å². The molecule has 0 spiro atoms. The van der Waals surface area contributed by atoms with Crippen LogP contribution in [-0.2, 0) is 4.79 Å². The van der Waals surface area contributed by atoms with Gasteiger partial charge in [0.15, 0.2) is 0 Å². The van der Waals surface area contributed by atoms with E-state index in [1.165, 1.54) is 0 Å². The van der Waals surface area contributed by atoms with Gasteiger partial charge in [-0.1, -0.05) is 36.7 Å². The molecule has 5 nitrogen and oxygen atoms in total. The van der Waals surface area contributed by atoms with E-state index in [0.717, 1.165) is 6.42 Å². The molecule has 1 atom stereocenters. The van der Waals surface area contributed by atoms with Crippen LogP contribution in [0.15, 0.2) is 48.5 Å². The summed E-state index contributed by atoms with van der Waals surface area (Å²) in [5, 5.41) is 9.21. The van der Waals surface area contributed by atoms with Gasteiger partial charge in [-0.25, -0.2) is 0 Å². The van der Waals surface area contributed by atoms with Crippen molar-refractivity contribution in [1.82, 2.24) is 5.32 Å². The standard InChI is InChI=1S/C19H22ClN3O2/c1-3-13(2)22-19(25)14-7-6-8-15(11-14)23-18(24)12-21-17-10-5-4-9-16(17)20/h4-11,13,21H,3,12H2,1-2H3,(H,22,25)(H,23,24). The summed E-state index contributed by atoms with van der Waals surface area (Å²) in [5.41, 5.74) is 1.78. The fourth-order valence-corrected chi connectivity index (χ4v) is 2.34. The number of rotatable bonds is 7. The van der Waals surface area contributed by atoms with Crippen molar-refractivity contribution in [1.29, 1.82) is 0 Å². The summed E-state index contributed by atoms with van der Waals surface area (Å²) in [7, 11) is 0. The smallest absolute Gasteiger partial charge is 0.251 e. The van der Waals surface area contributed by atoms with Crippen molar-refractivity contribution >= 4 is 34.8 Å². The normalized spacial score (nSPS) is 11.5. The highest BCUT2D eigenvalue weighted by Gasteiger charge is 2.10. The lowest BCUT2D eigenvalue weighted by Crippen LogP contribution is -2.32. The molecule has 0 saturated carbocycles. The van der Waals surface area contributed by atoms with Crippen LogP contribution < -0.4 is 16.0 Å². The third kappa shape index (κ3) is 5.80. The largest absolute Gasteiger partial charge is 0.375 e. The Balaban J connectivity index is 1.93. The zero-order valence-corrected chi connectivity index (χ0v) is 15.1. The van der Waals surface area contributed by atoms with Crippen LogP contribution in [0, 0.1) is 0 Å². The summed E-state index contributed by atoms with van der Waals surface area (Å²) in [6.07, 6.45) is 0.857. The lowest BCUT2D eigenvalue weighted by Gasteiger charge is -2.12. The average Bonchev–Trinajstić information content (AvgIpc) is 2.61. The van der Waals surface area contributed by atoms with Gasteiger partial charge in [0.05, 0.1) is 17.3 Å². The summed E-state index contributed by atoms with van der Waals surface area (Å²) in [5.74, 6) is -0.376. The van der Waals surface area contributed by atoms with Crippen molar-refractivity contribution in [2.75, 3.05) is 17.2 Å². The van der Waals surface area contributed by atoms with E-state index < -0.39 is 0 Å². The number of amides is 2. The number of carbonyl (C=O) groups excluding carboxylic acids is 2. The van der Waals surface area contributed by atoms with E-state index in [-0.39, 0.29) is 24.4 Å². The Kier molecular flexibility index (Phi) is 6.83. The van der Waals surface area contributed by atoms with Gasteiger partial charge in [0.2, 0.25) is 5.91 Å². The van der Waals surface area contributed by atoms with E-state index in [1.54, 1.807) is 36.4 Å². The summed E-state index contributed by atoms with van der Waals surface area (Å²) < 4.78 is 0. The Morgan fingerprint density at radius 2 is 1.88 bits per heavy atom. The van der Waals surface area contributed by atoms with Gasteiger partial charge in [-0.15, -0.1) is 0 Å². The second-order valence-electron chi connectivity index (χ2n) is 5.75. The van der Waals surface area contributed by atoms with Crippen LogP contribution in [-0.4, -0.2) is 24.4 Å². The van der Waals surface area contributed by atoms with Gasteiger partial charge in [-0.2, -0.15) is 0 Å². The molecule has 0 fully saturated rings. The van der Waals surface area contributed by atoms with Gasteiger partial charge < -0.3 is 16.0 Å². The Morgan fingerprint density at radius 3 is 2.60 bits per heavy atom. The fourth-order valence-electron chi connectivity index (χ4n) is 2.13. The second kappa shape index (κ2) is 9.08. The molecule has 0 aliphatic rings. The minimum atomic E-state index is -0.223. The molecule has 2 amide bonds. The van der Waals surface area contributed by atoms with E-state index in [1.807, 2.05) is 26.0 Å². The molecular weight excluding hydrogens is 338 g/mol. The molecule has 6 heteroatoms. The topological polar surface area (TPSA) is 70.2 Å². The maximum atomic E-state index is 12.1. The first-order valence-electron chi connectivity index (χ1n) is 8.18. The number of para-hydroxylation sites is 1. The third-order valence-electron chi connectivity index (χ3n) is 3.71. The first-order valence-corrected chi connectivity index (χ1v) is 8.56. The minimum absolute atomic E-state index is 0.0764.